The predicted octanol–water partition coefficient (Wildman–Crippen LogP) is 3.87. The summed E-state index contributed by atoms with van der Waals surface area (Å²) in [6.45, 7) is 3.12. The lowest BCUT2D eigenvalue weighted by molar-refractivity contribution is -0.114. The second-order valence-corrected chi connectivity index (χ2v) is 9.57. The van der Waals surface area contributed by atoms with Crippen LogP contribution < -0.4 is 15.4 Å². The maximum absolute atomic E-state index is 13.1. The lowest BCUT2D eigenvalue weighted by atomic mass is 10.1. The van der Waals surface area contributed by atoms with Gasteiger partial charge < -0.3 is 15.4 Å². The highest BCUT2D eigenvalue weighted by Gasteiger charge is 2.26. The van der Waals surface area contributed by atoms with Gasteiger partial charge in [0.2, 0.25) is 15.9 Å². The Balaban J connectivity index is 1.72. The molecule has 7 nitrogen and oxygen atoms in total. The fraction of sp³-hybridized carbons (Fsp3) is 0.435. The zero-order chi connectivity index (χ0) is 22.3. The molecule has 1 saturated heterocycles. The summed E-state index contributed by atoms with van der Waals surface area (Å²) in [5, 5.41) is 5.88. The first-order valence-electron chi connectivity index (χ1n) is 10.7. The Morgan fingerprint density at radius 2 is 1.81 bits per heavy atom. The van der Waals surface area contributed by atoms with Gasteiger partial charge in [0, 0.05) is 18.8 Å². The monoisotopic (exact) mass is 445 g/mol. The van der Waals surface area contributed by atoms with Crippen molar-refractivity contribution in [2.75, 3.05) is 37.4 Å². The molecule has 8 heteroatoms. The summed E-state index contributed by atoms with van der Waals surface area (Å²) < 4.78 is 33.1. The maximum atomic E-state index is 13.1. The molecule has 1 amide bonds. The molecular formula is C23H31N3O4S. The van der Waals surface area contributed by atoms with E-state index in [4.69, 9.17) is 4.74 Å². The van der Waals surface area contributed by atoms with Crippen molar-refractivity contribution in [3.63, 3.8) is 0 Å². The number of benzene rings is 2. The molecular weight excluding hydrogens is 414 g/mol. The predicted molar refractivity (Wildman–Crippen MR) is 123 cm³/mol. The van der Waals surface area contributed by atoms with Crippen molar-refractivity contribution in [3.8, 4) is 5.75 Å². The van der Waals surface area contributed by atoms with Crippen LogP contribution in [0.25, 0.3) is 0 Å². The number of anilines is 2. The number of carbonyl (C=O) groups is 1. The first-order chi connectivity index (χ1) is 14.9. The van der Waals surface area contributed by atoms with Crippen LogP contribution in [-0.4, -0.2) is 45.4 Å². The maximum Gasteiger partial charge on any atom is 0.243 e. The van der Waals surface area contributed by atoms with Crippen LogP contribution in [0.1, 0.15) is 38.2 Å². The third kappa shape index (κ3) is 5.98. The topological polar surface area (TPSA) is 87.7 Å². The molecule has 0 aromatic heterocycles. The summed E-state index contributed by atoms with van der Waals surface area (Å²) in [6, 6.07) is 12.4. The largest absolute Gasteiger partial charge is 0.495 e. The molecule has 0 atom stereocenters. The molecule has 168 valence electrons. The molecule has 3 rings (SSSR count). The van der Waals surface area contributed by atoms with Crippen LogP contribution in [0, 0.1) is 0 Å². The average molecular weight is 446 g/mol. The molecule has 2 N–H and O–H groups in total. The van der Waals surface area contributed by atoms with Gasteiger partial charge in [-0.1, -0.05) is 31.9 Å². The molecule has 1 aliphatic rings. The van der Waals surface area contributed by atoms with Crippen LogP contribution in [0.3, 0.4) is 0 Å². The molecule has 0 spiro atoms. The highest BCUT2D eigenvalue weighted by molar-refractivity contribution is 7.89. The third-order valence-corrected chi connectivity index (χ3v) is 7.33. The summed E-state index contributed by atoms with van der Waals surface area (Å²) in [4.78, 5) is 12.6. The summed E-state index contributed by atoms with van der Waals surface area (Å²) in [6.07, 6.45) is 4.74. The minimum absolute atomic E-state index is 0.0140. The van der Waals surface area contributed by atoms with Crippen molar-refractivity contribution in [3.05, 3.63) is 48.0 Å². The van der Waals surface area contributed by atoms with E-state index in [1.165, 1.54) is 7.11 Å². The van der Waals surface area contributed by atoms with Crippen LogP contribution >= 0.6 is 0 Å². The normalized spacial score (nSPS) is 15.2. The van der Waals surface area contributed by atoms with Crippen LogP contribution in [0.2, 0.25) is 0 Å². The van der Waals surface area contributed by atoms with E-state index < -0.39 is 10.0 Å². The number of carbonyl (C=O) groups excluding carboxylic acids is 1. The second kappa shape index (κ2) is 10.6. The summed E-state index contributed by atoms with van der Waals surface area (Å²) in [5.41, 5.74) is 2.34. The Labute approximate surface area is 184 Å². The average Bonchev–Trinajstić information content (AvgIpc) is 3.08. The lowest BCUT2D eigenvalue weighted by Gasteiger charge is -2.21. The highest BCUT2D eigenvalue weighted by Crippen LogP contribution is 2.29. The SMILES string of the molecule is CCc1cccc(NC(=O)CNc2cc(S(=O)(=O)N3CCCCCC3)ccc2OC)c1. The van der Waals surface area contributed by atoms with Gasteiger partial charge in [-0.15, -0.1) is 0 Å². The molecule has 0 aliphatic carbocycles. The van der Waals surface area contributed by atoms with E-state index in [1.54, 1.807) is 22.5 Å². The number of nitrogens with one attached hydrogen (secondary N) is 2. The number of aryl methyl sites for hydroxylation is 1. The molecule has 2 aromatic rings. The fourth-order valence-corrected chi connectivity index (χ4v) is 5.21. The first kappa shape index (κ1) is 23.1. The summed E-state index contributed by atoms with van der Waals surface area (Å²) >= 11 is 0. The Morgan fingerprint density at radius 1 is 1.06 bits per heavy atom. The molecule has 1 heterocycles. The van der Waals surface area contributed by atoms with E-state index >= 15 is 0 Å². The van der Waals surface area contributed by atoms with Gasteiger partial charge in [0.1, 0.15) is 5.75 Å². The van der Waals surface area contributed by atoms with E-state index in [0.717, 1.165) is 43.4 Å². The Morgan fingerprint density at radius 3 is 2.48 bits per heavy atom. The number of amides is 1. The van der Waals surface area contributed by atoms with Gasteiger partial charge in [0.25, 0.3) is 0 Å². The van der Waals surface area contributed by atoms with Crippen molar-refractivity contribution >= 4 is 27.3 Å². The molecule has 1 fully saturated rings. The Bertz CT molecular complexity index is 1000. The zero-order valence-electron chi connectivity index (χ0n) is 18.2. The number of hydrogen-bond donors (Lipinski definition) is 2. The van der Waals surface area contributed by atoms with Crippen LogP contribution in [0.15, 0.2) is 47.4 Å². The molecule has 0 saturated carbocycles. The zero-order valence-corrected chi connectivity index (χ0v) is 19.0. The number of nitrogens with zero attached hydrogens (tertiary/aromatic N) is 1. The van der Waals surface area contributed by atoms with E-state index in [1.807, 2.05) is 24.3 Å². The van der Waals surface area contributed by atoms with Gasteiger partial charge in [0.05, 0.1) is 24.2 Å². The van der Waals surface area contributed by atoms with Gasteiger partial charge in [-0.25, -0.2) is 8.42 Å². The minimum atomic E-state index is -3.59. The van der Waals surface area contributed by atoms with Crippen molar-refractivity contribution in [1.82, 2.24) is 4.31 Å². The van der Waals surface area contributed by atoms with Gasteiger partial charge >= 0.3 is 0 Å². The van der Waals surface area contributed by atoms with E-state index in [-0.39, 0.29) is 17.3 Å². The molecule has 0 radical (unpaired) electrons. The molecule has 0 bridgehead atoms. The van der Waals surface area contributed by atoms with Crippen molar-refractivity contribution in [2.24, 2.45) is 0 Å². The fourth-order valence-electron chi connectivity index (χ4n) is 3.67. The summed E-state index contributed by atoms with van der Waals surface area (Å²) in [7, 11) is -2.08. The second-order valence-electron chi connectivity index (χ2n) is 7.64. The number of ether oxygens (including phenoxy) is 1. The number of hydrogen-bond acceptors (Lipinski definition) is 5. The van der Waals surface area contributed by atoms with Gasteiger partial charge in [-0.2, -0.15) is 4.31 Å². The molecule has 2 aromatic carbocycles. The van der Waals surface area contributed by atoms with Gasteiger partial charge in [-0.05, 0) is 55.2 Å². The van der Waals surface area contributed by atoms with Gasteiger partial charge in [0.15, 0.2) is 0 Å². The lowest BCUT2D eigenvalue weighted by Crippen LogP contribution is -2.32. The van der Waals surface area contributed by atoms with Crippen molar-refractivity contribution in [2.45, 2.75) is 43.9 Å². The Kier molecular flexibility index (Phi) is 7.92. The number of methoxy groups -OCH3 is 1. The molecule has 1 aliphatic heterocycles. The number of sulfonamides is 1. The quantitative estimate of drug-likeness (QED) is 0.644. The smallest absolute Gasteiger partial charge is 0.243 e. The van der Waals surface area contributed by atoms with Crippen LogP contribution in [-0.2, 0) is 21.2 Å². The Hall–Kier alpha value is -2.58. The standard InChI is InChI=1S/C23H31N3O4S/c1-3-18-9-8-10-19(15-18)25-23(27)17-24-21-16-20(11-12-22(21)30-2)31(28,29)26-13-6-4-5-7-14-26/h8-12,15-16,24H,3-7,13-14,17H2,1-2H3,(H,25,27). The highest BCUT2D eigenvalue weighted by atomic mass is 32.2. The van der Waals surface area contributed by atoms with E-state index in [2.05, 4.69) is 17.6 Å². The minimum Gasteiger partial charge on any atom is -0.495 e. The first-order valence-corrected chi connectivity index (χ1v) is 12.2. The van der Waals surface area contributed by atoms with Crippen LogP contribution in [0.5, 0.6) is 5.75 Å². The number of rotatable bonds is 8. The molecule has 0 unspecified atom stereocenters. The van der Waals surface area contributed by atoms with E-state index in [0.29, 0.717) is 24.5 Å². The summed E-state index contributed by atoms with van der Waals surface area (Å²) in [5.74, 6) is 0.256. The van der Waals surface area contributed by atoms with Crippen LogP contribution in [0.4, 0.5) is 11.4 Å². The van der Waals surface area contributed by atoms with Crippen molar-refractivity contribution in [1.29, 1.82) is 0 Å². The van der Waals surface area contributed by atoms with Crippen molar-refractivity contribution < 1.29 is 17.9 Å². The molecule has 31 heavy (non-hydrogen) atoms. The van der Waals surface area contributed by atoms with E-state index in [9.17, 15) is 13.2 Å². The van der Waals surface area contributed by atoms with Gasteiger partial charge in [-0.3, -0.25) is 4.79 Å². The third-order valence-electron chi connectivity index (χ3n) is 5.43.